The van der Waals surface area contributed by atoms with Gasteiger partial charge >= 0.3 is 0 Å². The predicted molar refractivity (Wildman–Crippen MR) is 112 cm³/mol. The number of rotatable bonds is 7. The summed E-state index contributed by atoms with van der Waals surface area (Å²) in [6.07, 6.45) is 7.73. The number of thiophene rings is 1. The van der Waals surface area contributed by atoms with E-state index in [0.717, 1.165) is 37.7 Å². The first-order valence-electron chi connectivity index (χ1n) is 10.2. The summed E-state index contributed by atoms with van der Waals surface area (Å²) in [4.78, 5) is 14.1. The highest BCUT2D eigenvalue weighted by molar-refractivity contribution is 7.91. The van der Waals surface area contributed by atoms with E-state index in [0.29, 0.717) is 10.8 Å². The van der Waals surface area contributed by atoms with Gasteiger partial charge in [0.1, 0.15) is 0 Å². The van der Waals surface area contributed by atoms with Crippen LogP contribution < -0.4 is 5.32 Å². The summed E-state index contributed by atoms with van der Waals surface area (Å²) in [7, 11) is -3.44. The van der Waals surface area contributed by atoms with Crippen LogP contribution in [-0.4, -0.2) is 20.1 Å². The van der Waals surface area contributed by atoms with Crippen LogP contribution >= 0.6 is 11.3 Å². The standard InChI is InChI=1S/C22H27NO3S2/c24-21(23-22(17-5-1-2-6-17)20-9-4-13-27-20)12-14-28(25,26)19-11-10-16-7-3-8-18(16)15-19/h4,9-11,13,15,17,22H,1-3,5-8,12,14H2,(H,23,24). The smallest absolute Gasteiger partial charge is 0.221 e. The molecule has 0 aliphatic heterocycles. The minimum absolute atomic E-state index is 0.00795. The molecule has 1 atom stereocenters. The molecule has 1 aromatic carbocycles. The molecule has 0 saturated heterocycles. The molecule has 1 saturated carbocycles. The second-order valence-corrected chi connectivity index (χ2v) is 11.0. The maximum Gasteiger partial charge on any atom is 0.221 e. The van der Waals surface area contributed by atoms with Crippen molar-refractivity contribution in [3.8, 4) is 0 Å². The van der Waals surface area contributed by atoms with Crippen molar-refractivity contribution in [1.29, 1.82) is 0 Å². The first-order valence-corrected chi connectivity index (χ1v) is 12.7. The number of carbonyl (C=O) groups is 1. The molecule has 0 radical (unpaired) electrons. The molecule has 4 nitrogen and oxygen atoms in total. The molecular formula is C22H27NO3S2. The Balaban J connectivity index is 1.40. The Morgan fingerprint density at radius 2 is 1.89 bits per heavy atom. The second-order valence-electron chi connectivity index (χ2n) is 7.96. The number of nitrogens with one attached hydrogen (secondary N) is 1. The van der Waals surface area contributed by atoms with Crippen LogP contribution in [-0.2, 0) is 27.5 Å². The van der Waals surface area contributed by atoms with Crippen molar-refractivity contribution in [3.63, 3.8) is 0 Å². The molecule has 1 unspecified atom stereocenters. The van der Waals surface area contributed by atoms with E-state index in [1.54, 1.807) is 17.4 Å². The van der Waals surface area contributed by atoms with Gasteiger partial charge in [-0.2, -0.15) is 0 Å². The van der Waals surface area contributed by atoms with Gasteiger partial charge in [-0.15, -0.1) is 11.3 Å². The van der Waals surface area contributed by atoms with Gasteiger partial charge in [-0.3, -0.25) is 4.79 Å². The molecule has 2 aliphatic carbocycles. The fourth-order valence-corrected chi connectivity index (χ4v) is 6.67. The average molecular weight is 418 g/mol. The molecule has 2 aliphatic rings. The highest BCUT2D eigenvalue weighted by Crippen LogP contribution is 2.37. The Bertz CT molecular complexity index is 929. The van der Waals surface area contributed by atoms with Gasteiger partial charge in [0.25, 0.3) is 0 Å². The molecule has 150 valence electrons. The molecule has 1 fully saturated rings. The summed E-state index contributed by atoms with van der Waals surface area (Å²) in [5.41, 5.74) is 2.40. The number of hydrogen-bond acceptors (Lipinski definition) is 4. The van der Waals surface area contributed by atoms with E-state index < -0.39 is 9.84 Å². The van der Waals surface area contributed by atoms with Gasteiger partial charge in [0.15, 0.2) is 9.84 Å². The lowest BCUT2D eigenvalue weighted by Gasteiger charge is -2.23. The number of fused-ring (bicyclic) bond motifs is 1. The first-order chi connectivity index (χ1) is 13.5. The van der Waals surface area contributed by atoms with Crippen molar-refractivity contribution < 1.29 is 13.2 Å². The van der Waals surface area contributed by atoms with E-state index in [4.69, 9.17) is 0 Å². The lowest BCUT2D eigenvalue weighted by molar-refractivity contribution is -0.121. The van der Waals surface area contributed by atoms with Crippen molar-refractivity contribution in [2.24, 2.45) is 5.92 Å². The Morgan fingerprint density at radius 1 is 1.11 bits per heavy atom. The normalized spacial score (nSPS) is 18.1. The summed E-state index contributed by atoms with van der Waals surface area (Å²) in [5.74, 6) is 0.144. The maximum atomic E-state index is 12.7. The van der Waals surface area contributed by atoms with E-state index >= 15 is 0 Å². The van der Waals surface area contributed by atoms with Crippen molar-refractivity contribution in [1.82, 2.24) is 5.32 Å². The molecule has 6 heteroatoms. The number of carbonyl (C=O) groups excluding carboxylic acids is 1. The Labute approximate surface area is 171 Å². The number of benzene rings is 1. The van der Waals surface area contributed by atoms with Gasteiger partial charge in [0, 0.05) is 11.3 Å². The highest BCUT2D eigenvalue weighted by Gasteiger charge is 2.29. The largest absolute Gasteiger partial charge is 0.348 e. The summed E-state index contributed by atoms with van der Waals surface area (Å²) < 4.78 is 25.5. The third kappa shape index (κ3) is 4.33. The van der Waals surface area contributed by atoms with Gasteiger partial charge in [-0.25, -0.2) is 8.42 Å². The number of sulfone groups is 1. The van der Waals surface area contributed by atoms with Crippen LogP contribution in [0.5, 0.6) is 0 Å². The molecular weight excluding hydrogens is 390 g/mol. The van der Waals surface area contributed by atoms with E-state index in [2.05, 4.69) is 11.4 Å². The monoisotopic (exact) mass is 417 g/mol. The van der Waals surface area contributed by atoms with Crippen LogP contribution in [0.1, 0.15) is 60.6 Å². The number of aryl methyl sites for hydroxylation is 2. The van der Waals surface area contributed by atoms with Crippen LogP contribution in [0.15, 0.2) is 40.6 Å². The fraction of sp³-hybridized carbons (Fsp3) is 0.500. The van der Waals surface area contributed by atoms with E-state index in [9.17, 15) is 13.2 Å². The number of amides is 1. The van der Waals surface area contributed by atoms with Crippen LogP contribution in [0.25, 0.3) is 0 Å². The first kappa shape index (κ1) is 19.6. The Hall–Kier alpha value is -1.66. The zero-order valence-corrected chi connectivity index (χ0v) is 17.7. The molecule has 1 N–H and O–H groups in total. The third-order valence-electron chi connectivity index (χ3n) is 6.06. The third-order valence-corrected chi connectivity index (χ3v) is 8.73. The Kier molecular flexibility index (Phi) is 5.88. The van der Waals surface area contributed by atoms with Crippen molar-refractivity contribution in [3.05, 3.63) is 51.7 Å². The van der Waals surface area contributed by atoms with Crippen molar-refractivity contribution in [2.45, 2.75) is 62.3 Å². The summed E-state index contributed by atoms with van der Waals surface area (Å²) in [6.45, 7) is 0. The van der Waals surface area contributed by atoms with Gasteiger partial charge in [-0.05, 0) is 72.7 Å². The molecule has 1 aromatic heterocycles. The summed E-state index contributed by atoms with van der Waals surface area (Å²) in [6, 6.07) is 9.52. The topological polar surface area (TPSA) is 63.2 Å². The summed E-state index contributed by atoms with van der Waals surface area (Å²) >= 11 is 1.66. The van der Waals surface area contributed by atoms with Gasteiger partial charge in [0.2, 0.25) is 5.91 Å². The maximum absolute atomic E-state index is 12.7. The van der Waals surface area contributed by atoms with E-state index in [1.807, 2.05) is 23.6 Å². The fourth-order valence-electron chi connectivity index (χ4n) is 4.51. The average Bonchev–Trinajstić information content (AvgIpc) is 3.46. The Morgan fingerprint density at radius 3 is 2.64 bits per heavy atom. The number of hydrogen-bond donors (Lipinski definition) is 1. The van der Waals surface area contributed by atoms with Crippen LogP contribution in [0, 0.1) is 5.92 Å². The van der Waals surface area contributed by atoms with Gasteiger partial charge in [-0.1, -0.05) is 25.0 Å². The lowest BCUT2D eigenvalue weighted by atomic mass is 9.96. The molecule has 1 heterocycles. The van der Waals surface area contributed by atoms with Crippen LogP contribution in [0.4, 0.5) is 0 Å². The van der Waals surface area contributed by atoms with Crippen LogP contribution in [0.3, 0.4) is 0 Å². The summed E-state index contributed by atoms with van der Waals surface area (Å²) in [5, 5.41) is 5.16. The van der Waals surface area contributed by atoms with E-state index in [1.165, 1.54) is 23.3 Å². The SMILES string of the molecule is O=C(CCS(=O)(=O)c1ccc2c(c1)CCC2)NC(c1cccs1)C1CCCC1. The minimum Gasteiger partial charge on any atom is -0.348 e. The predicted octanol–water partition coefficient (Wildman–Crippen LogP) is 4.45. The quantitative estimate of drug-likeness (QED) is 0.724. The molecule has 0 bridgehead atoms. The van der Waals surface area contributed by atoms with Crippen molar-refractivity contribution in [2.75, 3.05) is 5.75 Å². The molecule has 4 rings (SSSR count). The zero-order valence-electron chi connectivity index (χ0n) is 16.0. The highest BCUT2D eigenvalue weighted by atomic mass is 32.2. The van der Waals surface area contributed by atoms with Gasteiger partial charge < -0.3 is 5.32 Å². The van der Waals surface area contributed by atoms with Gasteiger partial charge in [0.05, 0.1) is 16.7 Å². The van der Waals surface area contributed by atoms with Crippen LogP contribution in [0.2, 0.25) is 0 Å². The lowest BCUT2D eigenvalue weighted by Crippen LogP contribution is -2.33. The molecule has 0 spiro atoms. The minimum atomic E-state index is -3.44. The zero-order chi connectivity index (χ0) is 19.6. The van der Waals surface area contributed by atoms with Crippen molar-refractivity contribution >= 4 is 27.1 Å². The second kappa shape index (κ2) is 8.37. The molecule has 1 amide bonds. The molecule has 28 heavy (non-hydrogen) atoms. The molecule has 2 aromatic rings. The van der Waals surface area contributed by atoms with E-state index in [-0.39, 0.29) is 24.1 Å².